The summed E-state index contributed by atoms with van der Waals surface area (Å²) in [6.45, 7) is 4.60. The number of hydrogen-bond acceptors (Lipinski definition) is 2. The van der Waals surface area contributed by atoms with E-state index in [1.54, 1.807) is 6.20 Å². The average molecular weight is 186 g/mol. The van der Waals surface area contributed by atoms with Crippen molar-refractivity contribution in [1.29, 1.82) is 0 Å². The molecule has 0 bridgehead atoms. The minimum Gasteiger partial charge on any atom is -0.493 e. The molecule has 0 aliphatic heterocycles. The summed E-state index contributed by atoms with van der Waals surface area (Å²) in [6, 6.07) is 1.88. The van der Waals surface area contributed by atoms with Gasteiger partial charge in [0.2, 0.25) is 0 Å². The molecule has 66 valence electrons. The monoisotopic (exact) mass is 185 g/mol. The number of aryl methyl sites for hydroxylation is 1. The van der Waals surface area contributed by atoms with Crippen LogP contribution in [0.15, 0.2) is 12.3 Å². The van der Waals surface area contributed by atoms with E-state index in [1.807, 2.05) is 19.9 Å². The van der Waals surface area contributed by atoms with E-state index in [2.05, 4.69) is 4.98 Å². The zero-order valence-electron chi connectivity index (χ0n) is 7.30. The molecule has 1 heterocycles. The lowest BCUT2D eigenvalue weighted by atomic mass is 10.2. The Morgan fingerprint density at radius 2 is 2.33 bits per heavy atom. The van der Waals surface area contributed by atoms with Gasteiger partial charge in [0.05, 0.1) is 18.2 Å². The van der Waals surface area contributed by atoms with E-state index in [-0.39, 0.29) is 0 Å². The highest BCUT2D eigenvalue weighted by Crippen LogP contribution is 2.18. The van der Waals surface area contributed by atoms with Gasteiger partial charge in [0, 0.05) is 17.8 Å². The van der Waals surface area contributed by atoms with Crippen molar-refractivity contribution < 1.29 is 4.74 Å². The molecule has 12 heavy (non-hydrogen) atoms. The van der Waals surface area contributed by atoms with Gasteiger partial charge >= 0.3 is 0 Å². The minimum atomic E-state index is 0.431. The number of rotatable bonds is 3. The van der Waals surface area contributed by atoms with Gasteiger partial charge in [0.15, 0.2) is 0 Å². The van der Waals surface area contributed by atoms with Gasteiger partial charge in [-0.2, -0.15) is 0 Å². The Hall–Kier alpha value is -0.760. The summed E-state index contributed by atoms with van der Waals surface area (Å²) in [4.78, 5) is 4.13. The standard InChI is InChI=1S/C9H12ClNO/c1-3-12-9-4-8(5-10)11-6-7(9)2/h4,6H,3,5H2,1-2H3. The van der Waals surface area contributed by atoms with Crippen LogP contribution in [0.4, 0.5) is 0 Å². The summed E-state index contributed by atoms with van der Waals surface area (Å²) < 4.78 is 5.38. The molecule has 1 aromatic heterocycles. The van der Waals surface area contributed by atoms with Crippen LogP contribution >= 0.6 is 11.6 Å². The zero-order valence-corrected chi connectivity index (χ0v) is 8.06. The molecule has 0 saturated carbocycles. The molecule has 0 aromatic carbocycles. The minimum absolute atomic E-state index is 0.431. The Kier molecular flexibility index (Phi) is 3.35. The Labute approximate surface area is 77.5 Å². The lowest BCUT2D eigenvalue weighted by Crippen LogP contribution is -1.96. The lowest BCUT2D eigenvalue weighted by Gasteiger charge is -2.06. The summed E-state index contributed by atoms with van der Waals surface area (Å²) >= 11 is 5.63. The van der Waals surface area contributed by atoms with Crippen LogP contribution < -0.4 is 4.74 Å². The van der Waals surface area contributed by atoms with Crippen LogP contribution in [0.2, 0.25) is 0 Å². The number of nitrogens with zero attached hydrogens (tertiary/aromatic N) is 1. The molecule has 0 fully saturated rings. The van der Waals surface area contributed by atoms with Gasteiger partial charge in [-0.15, -0.1) is 11.6 Å². The van der Waals surface area contributed by atoms with Crippen LogP contribution in [0.3, 0.4) is 0 Å². The summed E-state index contributed by atoms with van der Waals surface area (Å²) in [6.07, 6.45) is 1.78. The molecule has 1 rings (SSSR count). The van der Waals surface area contributed by atoms with Gasteiger partial charge in [0.1, 0.15) is 5.75 Å². The molecule has 0 amide bonds. The van der Waals surface area contributed by atoms with Crippen molar-refractivity contribution >= 4 is 11.6 Å². The smallest absolute Gasteiger partial charge is 0.125 e. The van der Waals surface area contributed by atoms with Crippen LogP contribution in [0, 0.1) is 6.92 Å². The van der Waals surface area contributed by atoms with Crippen LogP contribution in [0.25, 0.3) is 0 Å². The molecule has 2 nitrogen and oxygen atoms in total. The van der Waals surface area contributed by atoms with Crippen molar-refractivity contribution in [2.75, 3.05) is 6.61 Å². The van der Waals surface area contributed by atoms with Crippen LogP contribution in [0.5, 0.6) is 5.75 Å². The SMILES string of the molecule is CCOc1cc(CCl)ncc1C. The molecule has 0 aliphatic rings. The Bertz CT molecular complexity index is 263. The van der Waals surface area contributed by atoms with Gasteiger partial charge in [0.25, 0.3) is 0 Å². The fraction of sp³-hybridized carbons (Fsp3) is 0.444. The number of hydrogen-bond donors (Lipinski definition) is 0. The summed E-state index contributed by atoms with van der Waals surface area (Å²) in [7, 11) is 0. The van der Waals surface area contributed by atoms with Gasteiger partial charge in [-0.1, -0.05) is 0 Å². The van der Waals surface area contributed by atoms with Gasteiger partial charge in [-0.05, 0) is 13.8 Å². The first-order valence-corrected chi connectivity index (χ1v) is 4.45. The van der Waals surface area contributed by atoms with Crippen LogP contribution in [-0.2, 0) is 5.88 Å². The number of aromatic nitrogens is 1. The van der Waals surface area contributed by atoms with E-state index >= 15 is 0 Å². The van der Waals surface area contributed by atoms with E-state index in [0.717, 1.165) is 17.0 Å². The first-order valence-electron chi connectivity index (χ1n) is 3.92. The first-order chi connectivity index (χ1) is 5.77. The predicted molar refractivity (Wildman–Crippen MR) is 49.7 cm³/mol. The van der Waals surface area contributed by atoms with Crippen molar-refractivity contribution in [3.63, 3.8) is 0 Å². The molecular weight excluding hydrogens is 174 g/mol. The van der Waals surface area contributed by atoms with Crippen molar-refractivity contribution in [3.05, 3.63) is 23.5 Å². The lowest BCUT2D eigenvalue weighted by molar-refractivity contribution is 0.337. The van der Waals surface area contributed by atoms with Crippen molar-refractivity contribution in [2.45, 2.75) is 19.7 Å². The van der Waals surface area contributed by atoms with E-state index < -0.39 is 0 Å². The number of halogens is 1. The maximum Gasteiger partial charge on any atom is 0.125 e. The number of pyridine rings is 1. The molecule has 0 spiro atoms. The third-order valence-electron chi connectivity index (χ3n) is 1.55. The molecule has 0 saturated heterocycles. The first kappa shape index (κ1) is 9.33. The second-order valence-electron chi connectivity index (χ2n) is 2.51. The third-order valence-corrected chi connectivity index (χ3v) is 1.82. The summed E-state index contributed by atoms with van der Waals surface area (Å²) in [5.74, 6) is 1.31. The summed E-state index contributed by atoms with van der Waals surface area (Å²) in [5.41, 5.74) is 1.90. The maximum atomic E-state index is 5.63. The van der Waals surface area contributed by atoms with Crippen molar-refractivity contribution in [1.82, 2.24) is 4.98 Å². The zero-order chi connectivity index (χ0) is 8.97. The second-order valence-corrected chi connectivity index (χ2v) is 2.78. The van der Waals surface area contributed by atoms with Crippen LogP contribution in [0.1, 0.15) is 18.2 Å². The van der Waals surface area contributed by atoms with E-state index in [0.29, 0.717) is 12.5 Å². The average Bonchev–Trinajstić information content (AvgIpc) is 2.09. The van der Waals surface area contributed by atoms with E-state index in [9.17, 15) is 0 Å². The van der Waals surface area contributed by atoms with Crippen molar-refractivity contribution in [3.8, 4) is 5.75 Å². The van der Waals surface area contributed by atoms with Gasteiger partial charge < -0.3 is 4.74 Å². The van der Waals surface area contributed by atoms with Crippen LogP contribution in [-0.4, -0.2) is 11.6 Å². The van der Waals surface area contributed by atoms with Gasteiger partial charge in [-0.3, -0.25) is 4.98 Å². The second kappa shape index (κ2) is 4.31. The highest BCUT2D eigenvalue weighted by Gasteiger charge is 2.00. The molecule has 0 aliphatic carbocycles. The fourth-order valence-electron chi connectivity index (χ4n) is 0.930. The van der Waals surface area contributed by atoms with Gasteiger partial charge in [-0.25, -0.2) is 0 Å². The summed E-state index contributed by atoms with van der Waals surface area (Å²) in [5, 5.41) is 0. The molecule has 0 N–H and O–H groups in total. The Balaban J connectivity index is 2.91. The van der Waals surface area contributed by atoms with E-state index in [4.69, 9.17) is 16.3 Å². The number of alkyl halides is 1. The van der Waals surface area contributed by atoms with Crippen molar-refractivity contribution in [2.24, 2.45) is 0 Å². The van der Waals surface area contributed by atoms with E-state index in [1.165, 1.54) is 0 Å². The molecular formula is C9H12ClNO. The molecule has 1 aromatic rings. The maximum absolute atomic E-state index is 5.63. The quantitative estimate of drug-likeness (QED) is 0.676. The number of ether oxygens (including phenoxy) is 1. The molecule has 0 unspecified atom stereocenters. The highest BCUT2D eigenvalue weighted by atomic mass is 35.5. The predicted octanol–water partition coefficient (Wildman–Crippen LogP) is 2.53. The largest absolute Gasteiger partial charge is 0.493 e. The highest BCUT2D eigenvalue weighted by molar-refractivity contribution is 6.16. The molecule has 0 atom stereocenters. The molecule has 3 heteroatoms. The fourth-order valence-corrected chi connectivity index (χ4v) is 1.08. The Morgan fingerprint density at radius 3 is 2.92 bits per heavy atom. The normalized spacial score (nSPS) is 9.92. The Morgan fingerprint density at radius 1 is 1.58 bits per heavy atom. The molecule has 0 radical (unpaired) electrons. The third kappa shape index (κ3) is 2.11. The topological polar surface area (TPSA) is 22.1 Å².